The van der Waals surface area contributed by atoms with Crippen LogP contribution in [0.15, 0.2) is 0 Å². The van der Waals surface area contributed by atoms with Crippen LogP contribution >= 0.6 is 0 Å². The van der Waals surface area contributed by atoms with Gasteiger partial charge in [-0.25, -0.2) is 8.42 Å². The highest BCUT2D eigenvalue weighted by atomic mass is 32.2. The first-order valence-corrected chi connectivity index (χ1v) is 9.17. The van der Waals surface area contributed by atoms with E-state index in [2.05, 4.69) is 4.74 Å². The van der Waals surface area contributed by atoms with E-state index in [-0.39, 0.29) is 12.6 Å². The summed E-state index contributed by atoms with van der Waals surface area (Å²) in [5.74, 6) is -0.235. The zero-order valence-electron chi connectivity index (χ0n) is 13.1. The molecule has 4 atom stereocenters. The highest BCUT2D eigenvalue weighted by Crippen LogP contribution is 2.54. The molecule has 7 nitrogen and oxygen atoms in total. The fourth-order valence-corrected chi connectivity index (χ4v) is 3.65. The van der Waals surface area contributed by atoms with Crippen LogP contribution < -0.4 is 0 Å². The first-order chi connectivity index (χ1) is 10.3. The summed E-state index contributed by atoms with van der Waals surface area (Å²) in [7, 11) is -4.47. The van der Waals surface area contributed by atoms with Gasteiger partial charge in [0.25, 0.3) is 0 Å². The molecule has 2 bridgehead atoms. The van der Waals surface area contributed by atoms with E-state index in [0.717, 1.165) is 18.8 Å². The average molecular weight is 335 g/mol. The molecule has 0 amide bonds. The van der Waals surface area contributed by atoms with Gasteiger partial charge in [0.05, 0.1) is 12.5 Å². The van der Waals surface area contributed by atoms with Gasteiger partial charge < -0.3 is 14.0 Å². The Morgan fingerprint density at radius 2 is 1.95 bits per heavy atom. The molecule has 1 heterocycles. The summed E-state index contributed by atoms with van der Waals surface area (Å²) < 4.78 is 39.0. The van der Waals surface area contributed by atoms with Crippen LogP contribution in [0.1, 0.15) is 40.0 Å². The fourth-order valence-electron chi connectivity index (χ4n) is 3.28. The number of carbonyl (C=O) groups excluding carboxylic acids is 2. The van der Waals surface area contributed by atoms with Gasteiger partial charge in [-0.15, -0.1) is 0 Å². The molecule has 128 valence electrons. The quantitative estimate of drug-likeness (QED) is 0.560. The summed E-state index contributed by atoms with van der Waals surface area (Å²) in [5.41, 5.74) is 0. The Kier molecular flexibility index (Phi) is 6.80. The van der Waals surface area contributed by atoms with Gasteiger partial charge in [-0.05, 0) is 32.1 Å². The van der Waals surface area contributed by atoms with Crippen molar-refractivity contribution in [2.24, 2.45) is 17.8 Å². The SMILES string of the molecule is CC.CCOC(=O)CS(=O)(=O)[O-].O=C1OC2CC3CC1C2C3. The summed E-state index contributed by atoms with van der Waals surface area (Å²) in [6, 6.07) is 0. The van der Waals surface area contributed by atoms with Gasteiger partial charge >= 0.3 is 11.9 Å². The highest BCUT2D eigenvalue weighted by Gasteiger charge is 2.56. The molecule has 3 aliphatic rings. The smallest absolute Gasteiger partial charge is 0.319 e. The summed E-state index contributed by atoms with van der Waals surface area (Å²) in [6.45, 7) is 5.60. The Bertz CT molecular complexity index is 497. The lowest BCUT2D eigenvalue weighted by Crippen LogP contribution is -2.17. The van der Waals surface area contributed by atoms with E-state index in [1.807, 2.05) is 13.8 Å². The molecule has 0 aromatic rings. The van der Waals surface area contributed by atoms with Crippen molar-refractivity contribution in [2.45, 2.75) is 46.1 Å². The molecule has 1 saturated heterocycles. The molecule has 0 N–H and O–H groups in total. The first kappa shape index (κ1) is 18.9. The Morgan fingerprint density at radius 1 is 1.32 bits per heavy atom. The van der Waals surface area contributed by atoms with Gasteiger partial charge in [-0.3, -0.25) is 9.59 Å². The van der Waals surface area contributed by atoms with E-state index in [1.54, 1.807) is 0 Å². The van der Waals surface area contributed by atoms with Crippen molar-refractivity contribution in [1.29, 1.82) is 0 Å². The fraction of sp³-hybridized carbons (Fsp3) is 0.857. The van der Waals surface area contributed by atoms with E-state index < -0.39 is 21.8 Å². The maximum absolute atomic E-state index is 11.1. The van der Waals surface area contributed by atoms with Crippen LogP contribution in [0.3, 0.4) is 0 Å². The lowest BCUT2D eigenvalue weighted by molar-refractivity contribution is -0.143. The number of fused-ring (bicyclic) bond motifs is 1. The molecule has 8 heteroatoms. The van der Waals surface area contributed by atoms with Crippen molar-refractivity contribution in [1.82, 2.24) is 0 Å². The zero-order valence-corrected chi connectivity index (χ0v) is 13.9. The normalized spacial score (nSPS) is 30.6. The molecule has 2 aliphatic carbocycles. The predicted octanol–water partition coefficient (Wildman–Crippen LogP) is 1.08. The summed E-state index contributed by atoms with van der Waals surface area (Å²) in [4.78, 5) is 21.3. The molecular formula is C14H23O7S-. The molecule has 0 radical (unpaired) electrons. The lowest BCUT2D eigenvalue weighted by Gasteiger charge is -2.11. The third kappa shape index (κ3) is 4.95. The first-order valence-electron chi connectivity index (χ1n) is 7.60. The second-order valence-corrected chi connectivity index (χ2v) is 6.73. The highest BCUT2D eigenvalue weighted by molar-refractivity contribution is 7.86. The number of hydrogen-bond donors (Lipinski definition) is 0. The Balaban J connectivity index is 0.000000198. The number of carbonyl (C=O) groups is 2. The largest absolute Gasteiger partial charge is 0.748 e. The van der Waals surface area contributed by atoms with Gasteiger partial charge in [-0.1, -0.05) is 13.8 Å². The van der Waals surface area contributed by atoms with Crippen molar-refractivity contribution >= 4 is 22.1 Å². The van der Waals surface area contributed by atoms with Crippen molar-refractivity contribution < 1.29 is 32.0 Å². The molecule has 3 rings (SSSR count). The van der Waals surface area contributed by atoms with Crippen LogP contribution in [0.25, 0.3) is 0 Å². The van der Waals surface area contributed by atoms with Crippen molar-refractivity contribution in [3.05, 3.63) is 0 Å². The molecular weight excluding hydrogens is 312 g/mol. The number of esters is 2. The molecule has 0 spiro atoms. The summed E-state index contributed by atoms with van der Waals surface area (Å²) in [6.07, 6.45) is 3.88. The van der Waals surface area contributed by atoms with Gasteiger partial charge in [0, 0.05) is 5.92 Å². The van der Waals surface area contributed by atoms with Gasteiger partial charge in [-0.2, -0.15) is 0 Å². The monoisotopic (exact) mass is 335 g/mol. The van der Waals surface area contributed by atoms with E-state index in [9.17, 15) is 22.6 Å². The maximum Gasteiger partial charge on any atom is 0.319 e. The second-order valence-electron chi connectivity index (χ2n) is 5.33. The van der Waals surface area contributed by atoms with Crippen LogP contribution in [-0.2, 0) is 29.2 Å². The molecule has 4 unspecified atom stereocenters. The summed E-state index contributed by atoms with van der Waals surface area (Å²) >= 11 is 0. The molecule has 2 saturated carbocycles. The van der Waals surface area contributed by atoms with Crippen molar-refractivity contribution in [3.8, 4) is 0 Å². The van der Waals surface area contributed by atoms with E-state index in [0.29, 0.717) is 17.9 Å². The molecule has 22 heavy (non-hydrogen) atoms. The second kappa shape index (κ2) is 7.92. The Hall–Kier alpha value is -1.15. The number of hydrogen-bond acceptors (Lipinski definition) is 7. The lowest BCUT2D eigenvalue weighted by atomic mass is 9.90. The maximum atomic E-state index is 11.1. The van der Waals surface area contributed by atoms with Crippen LogP contribution in [0, 0.1) is 17.8 Å². The zero-order chi connectivity index (χ0) is 16.9. The minimum atomic E-state index is -4.47. The van der Waals surface area contributed by atoms with Crippen molar-refractivity contribution in [2.75, 3.05) is 12.4 Å². The number of ether oxygens (including phenoxy) is 2. The van der Waals surface area contributed by atoms with E-state index >= 15 is 0 Å². The topological polar surface area (TPSA) is 110 Å². The van der Waals surface area contributed by atoms with Gasteiger partial charge in [0.1, 0.15) is 22.0 Å². The van der Waals surface area contributed by atoms with Gasteiger partial charge in [0.2, 0.25) is 0 Å². The van der Waals surface area contributed by atoms with E-state index in [1.165, 1.54) is 13.3 Å². The van der Waals surface area contributed by atoms with Crippen LogP contribution in [0.4, 0.5) is 0 Å². The van der Waals surface area contributed by atoms with E-state index in [4.69, 9.17) is 4.74 Å². The van der Waals surface area contributed by atoms with Crippen LogP contribution in [-0.4, -0.2) is 43.4 Å². The molecule has 0 aromatic carbocycles. The predicted molar refractivity (Wildman–Crippen MR) is 76.7 cm³/mol. The minimum Gasteiger partial charge on any atom is -0.748 e. The Morgan fingerprint density at radius 3 is 2.36 bits per heavy atom. The minimum absolute atomic E-state index is 0.0777. The number of rotatable bonds is 3. The third-order valence-corrected chi connectivity index (χ3v) is 4.51. The molecule has 0 aromatic heterocycles. The summed E-state index contributed by atoms with van der Waals surface area (Å²) in [5, 5.41) is 0. The average Bonchev–Trinajstić information content (AvgIpc) is 3.02. The molecule has 3 fully saturated rings. The van der Waals surface area contributed by atoms with Crippen LogP contribution in [0.5, 0.6) is 0 Å². The third-order valence-electron chi connectivity index (χ3n) is 3.92. The van der Waals surface area contributed by atoms with Crippen molar-refractivity contribution in [3.63, 3.8) is 0 Å². The van der Waals surface area contributed by atoms with Gasteiger partial charge in [0.15, 0.2) is 0 Å². The Labute approximate surface area is 131 Å². The van der Waals surface area contributed by atoms with Crippen LogP contribution in [0.2, 0.25) is 0 Å². The standard InChI is InChI=1S/C8H10O2.C4H8O5S.C2H6/c9-8-6-2-4-1-5(6)7(3-4)10-8;1-2-9-4(5)3-10(6,7)8;1-2/h4-7H,1-3H2;2-3H2,1H3,(H,6,7,8);1-2H3/p-1. The molecule has 1 aliphatic heterocycles.